The summed E-state index contributed by atoms with van der Waals surface area (Å²) in [5.41, 5.74) is -1.12. The second kappa shape index (κ2) is 20.9. The van der Waals surface area contributed by atoms with Crippen molar-refractivity contribution in [2.45, 2.75) is 78.5 Å². The van der Waals surface area contributed by atoms with Crippen LogP contribution in [0.3, 0.4) is 0 Å². The molecule has 0 fully saturated rings. The van der Waals surface area contributed by atoms with E-state index in [0.717, 1.165) is 42.4 Å². The summed E-state index contributed by atoms with van der Waals surface area (Å²) >= 11 is 16.9. The van der Waals surface area contributed by atoms with Gasteiger partial charge in [0.15, 0.2) is 6.10 Å². The van der Waals surface area contributed by atoms with Crippen molar-refractivity contribution in [1.29, 1.82) is 0 Å². The highest BCUT2D eigenvalue weighted by atomic mass is 35.5. The Bertz CT molecular complexity index is 1220. The van der Waals surface area contributed by atoms with Crippen molar-refractivity contribution >= 4 is 74.0 Å². The summed E-state index contributed by atoms with van der Waals surface area (Å²) in [6.07, 6.45) is 1.22. The van der Waals surface area contributed by atoms with Gasteiger partial charge in [-0.25, -0.2) is 9.59 Å². The standard InChI is InChI=1S/C17H11Cl2F3O5.C12H27OPS3/c1-8(15(23)24)26-16(25)11-7-10(3-4-12(11)18)27-14-5-2-9(6-13(14)19)17(20,21)22;1-4-7-10-15-14(13,16-11-8-5-2)17-12-9-6-3/h2-8H,1H3,(H,23,24);4-12H2,1-3H3/t8-;/m0./s1. The van der Waals surface area contributed by atoms with E-state index in [1.54, 1.807) is 34.1 Å². The average molecular weight is 738 g/mol. The maximum atomic E-state index is 12.7. The second-order valence-electron chi connectivity index (χ2n) is 9.28. The van der Waals surface area contributed by atoms with Crippen LogP contribution in [0.2, 0.25) is 10.0 Å². The Morgan fingerprint density at radius 3 is 1.84 bits per heavy atom. The summed E-state index contributed by atoms with van der Waals surface area (Å²) in [5.74, 6) is 0.799. The van der Waals surface area contributed by atoms with Gasteiger partial charge in [-0.2, -0.15) is 13.2 Å². The second-order valence-corrected chi connectivity index (χ2v) is 22.0. The molecule has 0 bridgehead atoms. The van der Waals surface area contributed by atoms with Gasteiger partial charge in [-0.05, 0) is 62.6 Å². The topological polar surface area (TPSA) is 89.9 Å². The van der Waals surface area contributed by atoms with Crippen LogP contribution in [0.1, 0.15) is 82.1 Å². The van der Waals surface area contributed by atoms with Crippen LogP contribution in [0.5, 0.6) is 11.5 Å². The highest BCUT2D eigenvalue weighted by Gasteiger charge is 2.31. The number of halogens is 5. The van der Waals surface area contributed by atoms with Gasteiger partial charge in [-0.15, -0.1) is 0 Å². The molecule has 0 aliphatic rings. The molecule has 0 amide bonds. The van der Waals surface area contributed by atoms with E-state index in [1.807, 2.05) is 0 Å². The highest BCUT2D eigenvalue weighted by molar-refractivity contribution is 9.14. The molecule has 0 spiro atoms. The number of esters is 1. The Hall–Kier alpha value is -1.17. The summed E-state index contributed by atoms with van der Waals surface area (Å²) in [4.78, 5) is 22.8. The molecule has 2 aromatic carbocycles. The molecule has 0 saturated heterocycles. The van der Waals surface area contributed by atoms with E-state index < -0.39 is 34.5 Å². The number of alkyl halides is 3. The Morgan fingerprint density at radius 2 is 1.41 bits per heavy atom. The van der Waals surface area contributed by atoms with Crippen LogP contribution >= 0.6 is 62.1 Å². The summed E-state index contributed by atoms with van der Waals surface area (Å²) in [5, 5.41) is 8.46. The molecule has 0 heterocycles. The van der Waals surface area contributed by atoms with Gasteiger partial charge in [0.25, 0.3) is 0 Å². The van der Waals surface area contributed by atoms with Gasteiger partial charge in [-0.1, -0.05) is 97.4 Å². The molecule has 0 aliphatic carbocycles. The zero-order valence-electron chi connectivity index (χ0n) is 25.0. The number of aliphatic carboxylic acids is 1. The van der Waals surface area contributed by atoms with E-state index in [9.17, 15) is 27.3 Å². The molecule has 1 atom stereocenters. The van der Waals surface area contributed by atoms with Crippen molar-refractivity contribution in [3.05, 3.63) is 57.6 Å². The molecule has 248 valence electrons. The number of unbranched alkanes of at least 4 members (excludes halogenated alkanes) is 3. The number of hydrogen-bond donors (Lipinski definition) is 1. The highest BCUT2D eigenvalue weighted by Crippen LogP contribution is 2.78. The summed E-state index contributed by atoms with van der Waals surface area (Å²) in [6, 6.07) is 6.33. The van der Waals surface area contributed by atoms with Crippen molar-refractivity contribution in [2.75, 3.05) is 17.3 Å². The quantitative estimate of drug-likeness (QED) is 0.0968. The van der Waals surface area contributed by atoms with Crippen molar-refractivity contribution < 1.29 is 41.9 Å². The van der Waals surface area contributed by atoms with Crippen LogP contribution in [0.25, 0.3) is 0 Å². The normalized spacial score (nSPS) is 12.2. The minimum absolute atomic E-state index is 0.0246. The first-order valence-electron chi connectivity index (χ1n) is 14.0. The first-order valence-corrected chi connectivity index (χ1v) is 21.2. The molecule has 44 heavy (non-hydrogen) atoms. The first-order chi connectivity index (χ1) is 20.7. The van der Waals surface area contributed by atoms with Gasteiger partial charge in [-0.3, -0.25) is 4.57 Å². The van der Waals surface area contributed by atoms with E-state index in [2.05, 4.69) is 20.8 Å². The third-order valence-electron chi connectivity index (χ3n) is 5.52. The SMILES string of the molecule is CCCCSP(=O)(SCCCC)SCCCC.C[C@H](OC(=O)c1cc(Oc2ccc(C(F)(F)F)cc2Cl)ccc1Cl)C(=O)O. The number of benzene rings is 2. The maximum absolute atomic E-state index is 12.7. The third-order valence-corrected chi connectivity index (χ3v) is 18.7. The van der Waals surface area contributed by atoms with Crippen molar-refractivity contribution in [1.82, 2.24) is 0 Å². The number of carboxylic acid groups (broad SMARTS) is 1. The molecule has 2 rings (SSSR count). The maximum Gasteiger partial charge on any atom is 0.416 e. The first kappa shape index (κ1) is 40.9. The molecule has 0 radical (unpaired) electrons. The molecule has 2 aromatic rings. The lowest BCUT2D eigenvalue weighted by Crippen LogP contribution is -2.23. The number of carbonyl (C=O) groups excluding carboxylic acids is 1. The summed E-state index contributed by atoms with van der Waals surface area (Å²) in [6.45, 7) is 7.75. The molecule has 6 nitrogen and oxygen atoms in total. The van der Waals surface area contributed by atoms with E-state index in [0.29, 0.717) is 6.07 Å². The van der Waals surface area contributed by atoms with E-state index in [4.69, 9.17) is 37.8 Å². The third kappa shape index (κ3) is 15.4. The molecule has 0 aromatic heterocycles. The van der Waals surface area contributed by atoms with Gasteiger partial charge in [0, 0.05) is 17.3 Å². The predicted octanol–water partition coefficient (Wildman–Crippen LogP) is 12.1. The molecule has 1 N–H and O–H groups in total. The number of hydrogen-bond acceptors (Lipinski definition) is 8. The number of carboxylic acids is 1. The van der Waals surface area contributed by atoms with Gasteiger partial charge < -0.3 is 14.6 Å². The largest absolute Gasteiger partial charge is 0.479 e. The van der Waals surface area contributed by atoms with E-state index in [1.165, 1.54) is 50.7 Å². The minimum atomic E-state index is -4.56. The van der Waals surface area contributed by atoms with Crippen LogP contribution in [0.4, 0.5) is 13.2 Å². The smallest absolute Gasteiger partial charge is 0.416 e. The van der Waals surface area contributed by atoms with Gasteiger partial charge in [0.1, 0.15) is 11.5 Å². The van der Waals surface area contributed by atoms with Crippen LogP contribution in [0.15, 0.2) is 36.4 Å². The fourth-order valence-corrected chi connectivity index (χ4v) is 15.4. The Balaban J connectivity index is 0.000000493. The Morgan fingerprint density at radius 1 is 0.886 bits per heavy atom. The summed E-state index contributed by atoms with van der Waals surface area (Å²) < 4.78 is 58.8. The molecule has 0 unspecified atom stereocenters. The molecule has 15 heteroatoms. The van der Waals surface area contributed by atoms with Crippen molar-refractivity contribution in [3.8, 4) is 11.5 Å². The van der Waals surface area contributed by atoms with Crippen molar-refractivity contribution in [2.24, 2.45) is 0 Å². The molecular weight excluding hydrogens is 699 g/mol. The molecular formula is C29H38Cl2F3O6PS3. The lowest BCUT2D eigenvalue weighted by molar-refractivity contribution is -0.146. The zero-order chi connectivity index (χ0) is 33.3. The fraction of sp³-hybridized carbons (Fsp3) is 0.517. The lowest BCUT2D eigenvalue weighted by Gasteiger charge is -2.15. The van der Waals surface area contributed by atoms with Crippen LogP contribution in [-0.2, 0) is 20.3 Å². The Labute approximate surface area is 279 Å². The average Bonchev–Trinajstić information content (AvgIpc) is 2.95. The summed E-state index contributed by atoms with van der Waals surface area (Å²) in [7, 11) is 0. The predicted molar refractivity (Wildman–Crippen MR) is 180 cm³/mol. The van der Waals surface area contributed by atoms with Gasteiger partial charge in [0.05, 0.1) is 21.2 Å². The van der Waals surface area contributed by atoms with E-state index in [-0.39, 0.29) is 27.1 Å². The van der Waals surface area contributed by atoms with Crippen LogP contribution in [0, 0.1) is 0 Å². The van der Waals surface area contributed by atoms with E-state index >= 15 is 0 Å². The number of rotatable bonds is 17. The van der Waals surface area contributed by atoms with Crippen LogP contribution in [-0.4, -0.2) is 40.4 Å². The van der Waals surface area contributed by atoms with Gasteiger partial charge >= 0.3 is 18.1 Å². The number of ether oxygens (including phenoxy) is 2. The van der Waals surface area contributed by atoms with Crippen molar-refractivity contribution in [3.63, 3.8) is 0 Å². The minimum Gasteiger partial charge on any atom is -0.479 e. The lowest BCUT2D eigenvalue weighted by atomic mass is 10.2. The molecule has 0 saturated carbocycles. The fourth-order valence-electron chi connectivity index (χ4n) is 2.96. The Kier molecular flexibility index (Phi) is 19.4. The number of carbonyl (C=O) groups is 2. The molecule has 0 aliphatic heterocycles. The van der Waals surface area contributed by atoms with Gasteiger partial charge in [0.2, 0.25) is 4.75 Å². The van der Waals surface area contributed by atoms with Crippen LogP contribution < -0.4 is 4.74 Å². The zero-order valence-corrected chi connectivity index (χ0v) is 29.8. The monoisotopic (exact) mass is 736 g/mol.